The van der Waals surface area contributed by atoms with Crippen molar-refractivity contribution in [3.8, 4) is 5.75 Å². The highest BCUT2D eigenvalue weighted by Crippen LogP contribution is 2.33. The number of halogens is 2. The summed E-state index contributed by atoms with van der Waals surface area (Å²) >= 11 is 0. The minimum Gasteiger partial charge on any atom is -0.489 e. The number of hydrogen-bond acceptors (Lipinski definition) is 4. The number of nitrogens with zero attached hydrogens (tertiary/aromatic N) is 2. The summed E-state index contributed by atoms with van der Waals surface area (Å²) < 4.78 is 5.67. The number of aromatic nitrogens is 1. The number of hydrogen-bond donors (Lipinski definition) is 2. The number of carbonyl (C=O) groups is 1. The summed E-state index contributed by atoms with van der Waals surface area (Å²) in [5.74, 6) is 0.779. The predicted molar refractivity (Wildman–Crippen MR) is 114 cm³/mol. The standard InChI is InChI=1S/C19H18N4O2.2ClH/c1-23-10-11-25-18-12-13(6-7-17(18)23)21-19(24)22-16-8-9-20-15-5-3-2-4-14(15)16;;/h2-9,12H,10-11H2,1H3,(H2,20,21,22,24);2*1H. The van der Waals surface area contributed by atoms with Crippen LogP contribution >= 0.6 is 24.8 Å². The van der Waals surface area contributed by atoms with E-state index in [0.717, 1.165) is 34.6 Å². The maximum absolute atomic E-state index is 12.4. The number of nitrogens with one attached hydrogen (secondary N) is 2. The lowest BCUT2D eigenvalue weighted by atomic mass is 10.2. The molecular formula is C19H20Cl2N4O2. The molecule has 0 unspecified atom stereocenters. The van der Waals surface area contributed by atoms with Crippen LogP contribution in [0.25, 0.3) is 10.9 Å². The van der Waals surface area contributed by atoms with Gasteiger partial charge in [0.25, 0.3) is 0 Å². The second-order valence-corrected chi connectivity index (χ2v) is 5.91. The molecule has 2 N–H and O–H groups in total. The van der Waals surface area contributed by atoms with Gasteiger partial charge in [-0.3, -0.25) is 4.98 Å². The van der Waals surface area contributed by atoms with Crippen molar-refractivity contribution >= 4 is 58.8 Å². The van der Waals surface area contributed by atoms with Gasteiger partial charge in [0.05, 0.1) is 23.4 Å². The van der Waals surface area contributed by atoms with Crippen LogP contribution in [0, 0.1) is 0 Å². The van der Waals surface area contributed by atoms with E-state index in [0.29, 0.717) is 12.3 Å². The summed E-state index contributed by atoms with van der Waals surface area (Å²) in [4.78, 5) is 18.8. The van der Waals surface area contributed by atoms with Crippen LogP contribution in [0.1, 0.15) is 0 Å². The van der Waals surface area contributed by atoms with E-state index in [4.69, 9.17) is 4.74 Å². The van der Waals surface area contributed by atoms with Crippen LogP contribution in [0.4, 0.5) is 21.9 Å². The smallest absolute Gasteiger partial charge is 0.323 e. The Morgan fingerprint density at radius 2 is 1.93 bits per heavy atom. The number of amides is 2. The minimum absolute atomic E-state index is 0. The lowest BCUT2D eigenvalue weighted by molar-refractivity contribution is 0.262. The molecule has 142 valence electrons. The molecule has 1 aliphatic heterocycles. The SMILES string of the molecule is CN1CCOc2cc(NC(=O)Nc3ccnc4ccccc34)ccc21.Cl.Cl. The highest BCUT2D eigenvalue weighted by molar-refractivity contribution is 6.05. The van der Waals surface area contributed by atoms with E-state index < -0.39 is 0 Å². The van der Waals surface area contributed by atoms with Gasteiger partial charge in [0.1, 0.15) is 12.4 Å². The van der Waals surface area contributed by atoms with E-state index in [9.17, 15) is 4.79 Å². The van der Waals surface area contributed by atoms with Crippen LogP contribution < -0.4 is 20.3 Å². The highest BCUT2D eigenvalue weighted by Gasteiger charge is 2.15. The maximum Gasteiger partial charge on any atom is 0.323 e. The fourth-order valence-corrected chi connectivity index (χ4v) is 2.93. The lowest BCUT2D eigenvalue weighted by Crippen LogP contribution is -2.28. The highest BCUT2D eigenvalue weighted by atomic mass is 35.5. The van der Waals surface area contributed by atoms with Gasteiger partial charge in [-0.2, -0.15) is 0 Å². The second kappa shape index (κ2) is 8.79. The molecule has 1 aromatic heterocycles. The molecular weight excluding hydrogens is 387 g/mol. The Kier molecular flexibility index (Phi) is 6.71. The molecule has 4 rings (SSSR count). The van der Waals surface area contributed by atoms with E-state index in [1.54, 1.807) is 12.3 Å². The van der Waals surface area contributed by atoms with E-state index in [1.807, 2.05) is 49.5 Å². The Balaban J connectivity index is 0.00000131. The molecule has 0 aliphatic carbocycles. The molecule has 0 fully saturated rings. The summed E-state index contributed by atoms with van der Waals surface area (Å²) in [6, 6.07) is 14.8. The van der Waals surface area contributed by atoms with Crippen molar-refractivity contribution < 1.29 is 9.53 Å². The van der Waals surface area contributed by atoms with E-state index in [-0.39, 0.29) is 30.8 Å². The number of urea groups is 1. The number of likely N-dealkylation sites (N-methyl/N-ethyl adjacent to an activating group) is 1. The van der Waals surface area contributed by atoms with Crippen molar-refractivity contribution in [1.82, 2.24) is 4.98 Å². The number of anilines is 3. The molecule has 3 aromatic rings. The van der Waals surface area contributed by atoms with Gasteiger partial charge in [-0.05, 0) is 24.3 Å². The van der Waals surface area contributed by atoms with Crippen molar-refractivity contribution in [1.29, 1.82) is 0 Å². The average Bonchev–Trinajstić information content (AvgIpc) is 2.62. The summed E-state index contributed by atoms with van der Waals surface area (Å²) in [6.45, 7) is 1.50. The monoisotopic (exact) mass is 406 g/mol. The Bertz CT molecular complexity index is 947. The molecule has 0 spiro atoms. The first kappa shape index (κ1) is 20.6. The van der Waals surface area contributed by atoms with Crippen molar-refractivity contribution in [2.45, 2.75) is 0 Å². The summed E-state index contributed by atoms with van der Waals surface area (Å²) in [6.07, 6.45) is 1.68. The van der Waals surface area contributed by atoms with E-state index in [2.05, 4.69) is 20.5 Å². The molecule has 0 saturated heterocycles. The van der Waals surface area contributed by atoms with Crippen LogP contribution in [0.3, 0.4) is 0 Å². The van der Waals surface area contributed by atoms with Crippen molar-refractivity contribution in [3.63, 3.8) is 0 Å². The van der Waals surface area contributed by atoms with Gasteiger partial charge >= 0.3 is 6.03 Å². The van der Waals surface area contributed by atoms with Crippen LogP contribution in [0.5, 0.6) is 5.75 Å². The third-order valence-electron chi connectivity index (χ3n) is 4.21. The first-order valence-corrected chi connectivity index (χ1v) is 8.10. The van der Waals surface area contributed by atoms with Gasteiger partial charge in [0.15, 0.2) is 0 Å². The zero-order valence-corrected chi connectivity index (χ0v) is 16.3. The Hall–Kier alpha value is -2.70. The van der Waals surface area contributed by atoms with Gasteiger partial charge in [-0.15, -0.1) is 24.8 Å². The van der Waals surface area contributed by atoms with E-state index >= 15 is 0 Å². The van der Waals surface area contributed by atoms with Gasteiger partial charge in [-0.25, -0.2) is 4.79 Å². The summed E-state index contributed by atoms with van der Waals surface area (Å²) in [5, 5.41) is 6.63. The molecule has 8 heteroatoms. The molecule has 0 saturated carbocycles. The molecule has 0 bridgehead atoms. The number of ether oxygens (including phenoxy) is 1. The van der Waals surface area contributed by atoms with Gasteiger partial charge < -0.3 is 20.3 Å². The molecule has 2 amide bonds. The molecule has 2 aromatic carbocycles. The number of fused-ring (bicyclic) bond motifs is 2. The number of carbonyl (C=O) groups excluding carboxylic acids is 1. The van der Waals surface area contributed by atoms with Crippen molar-refractivity contribution in [3.05, 3.63) is 54.7 Å². The lowest BCUT2D eigenvalue weighted by Gasteiger charge is -2.27. The van der Waals surface area contributed by atoms with Crippen LogP contribution in [-0.2, 0) is 0 Å². The van der Waals surface area contributed by atoms with Crippen molar-refractivity contribution in [2.75, 3.05) is 35.7 Å². The first-order valence-electron chi connectivity index (χ1n) is 8.10. The molecule has 27 heavy (non-hydrogen) atoms. The normalized spacial score (nSPS) is 12.1. The van der Waals surface area contributed by atoms with Gasteiger partial charge in [0, 0.05) is 30.4 Å². The zero-order chi connectivity index (χ0) is 17.2. The number of rotatable bonds is 2. The molecule has 1 aliphatic rings. The van der Waals surface area contributed by atoms with Crippen LogP contribution in [0.15, 0.2) is 54.7 Å². The summed E-state index contributed by atoms with van der Waals surface area (Å²) in [7, 11) is 2.02. The average molecular weight is 407 g/mol. The van der Waals surface area contributed by atoms with Gasteiger partial charge in [0.2, 0.25) is 0 Å². The Labute approximate surface area is 169 Å². The first-order chi connectivity index (χ1) is 12.2. The van der Waals surface area contributed by atoms with Crippen LogP contribution in [-0.4, -0.2) is 31.2 Å². The van der Waals surface area contributed by atoms with Gasteiger partial charge in [-0.1, -0.05) is 18.2 Å². The number of para-hydroxylation sites is 1. The number of pyridine rings is 1. The Morgan fingerprint density at radius 1 is 1.11 bits per heavy atom. The molecule has 0 atom stereocenters. The quantitative estimate of drug-likeness (QED) is 0.654. The third-order valence-corrected chi connectivity index (χ3v) is 4.21. The van der Waals surface area contributed by atoms with Crippen molar-refractivity contribution in [2.24, 2.45) is 0 Å². The van der Waals surface area contributed by atoms with E-state index in [1.165, 1.54) is 0 Å². The van der Waals surface area contributed by atoms with Crippen LogP contribution in [0.2, 0.25) is 0 Å². The number of benzene rings is 2. The fraction of sp³-hybridized carbons (Fsp3) is 0.158. The third kappa shape index (κ3) is 4.35. The molecule has 2 heterocycles. The molecule has 6 nitrogen and oxygen atoms in total. The minimum atomic E-state index is -0.305. The topological polar surface area (TPSA) is 66.5 Å². The predicted octanol–water partition coefficient (Wildman–Crippen LogP) is 4.55. The summed E-state index contributed by atoms with van der Waals surface area (Å²) in [5.41, 5.74) is 3.27. The largest absolute Gasteiger partial charge is 0.489 e. The molecule has 0 radical (unpaired) electrons. The second-order valence-electron chi connectivity index (χ2n) is 5.91. The Morgan fingerprint density at radius 3 is 2.78 bits per heavy atom. The zero-order valence-electron chi connectivity index (χ0n) is 14.6. The maximum atomic E-state index is 12.4. The fourth-order valence-electron chi connectivity index (χ4n) is 2.93.